The van der Waals surface area contributed by atoms with E-state index in [0.29, 0.717) is 24.4 Å². The summed E-state index contributed by atoms with van der Waals surface area (Å²) < 4.78 is 73.5. The molecular formula is C27H33F5N8. The van der Waals surface area contributed by atoms with E-state index < -0.39 is 30.0 Å². The molecule has 3 heterocycles. The van der Waals surface area contributed by atoms with E-state index in [9.17, 15) is 17.6 Å². The summed E-state index contributed by atoms with van der Waals surface area (Å²) in [6.45, 7) is 8.71. The summed E-state index contributed by atoms with van der Waals surface area (Å²) in [5.41, 5.74) is 6.10. The van der Waals surface area contributed by atoms with E-state index in [1.54, 1.807) is 19.9 Å². The Bertz CT molecular complexity index is 1390. The topological polar surface area (TPSA) is 96.4 Å². The molecule has 0 bridgehead atoms. The van der Waals surface area contributed by atoms with Crippen molar-refractivity contribution < 1.29 is 22.0 Å². The number of aromatic nitrogens is 3. The summed E-state index contributed by atoms with van der Waals surface area (Å²) in [4.78, 5) is 14.2. The van der Waals surface area contributed by atoms with E-state index in [-0.39, 0.29) is 47.3 Å². The van der Waals surface area contributed by atoms with Crippen molar-refractivity contribution in [2.45, 2.75) is 52.1 Å². The number of nitrogens with two attached hydrogens (primary N) is 1. The molecule has 0 amide bonds. The molecule has 0 saturated carbocycles. The van der Waals surface area contributed by atoms with Crippen molar-refractivity contribution in [2.24, 2.45) is 10.7 Å². The SMILES string of the molecule is Cc1nc2c(F)cc(C(=NC(C)Nc3ccc(C(N4CCNCC4)C(F)(F)F)cn3)/C(F)=C\N)cc2n1C(C)C. The molecule has 1 aliphatic heterocycles. The average molecular weight is 565 g/mol. The molecule has 1 aliphatic rings. The van der Waals surface area contributed by atoms with E-state index in [2.05, 4.69) is 25.6 Å². The first-order valence-corrected chi connectivity index (χ1v) is 13.0. The van der Waals surface area contributed by atoms with Gasteiger partial charge in [-0.2, -0.15) is 13.2 Å². The number of nitrogens with zero attached hydrogens (tertiary/aromatic N) is 5. The highest BCUT2D eigenvalue weighted by molar-refractivity contribution is 6.12. The van der Waals surface area contributed by atoms with E-state index in [0.717, 1.165) is 12.3 Å². The highest BCUT2D eigenvalue weighted by atomic mass is 19.4. The zero-order valence-electron chi connectivity index (χ0n) is 22.7. The Morgan fingerprint density at radius 2 is 1.88 bits per heavy atom. The fraction of sp³-hybridized carbons (Fsp3) is 0.444. The molecule has 3 aromatic rings. The number of aliphatic imine (C=N–C) groups is 1. The summed E-state index contributed by atoms with van der Waals surface area (Å²) in [7, 11) is 0. The zero-order chi connectivity index (χ0) is 29.2. The van der Waals surface area contributed by atoms with Crippen LogP contribution in [0.4, 0.5) is 27.8 Å². The summed E-state index contributed by atoms with van der Waals surface area (Å²) in [6.07, 6.45) is -3.34. The van der Waals surface area contributed by atoms with Crippen molar-refractivity contribution in [3.8, 4) is 0 Å². The smallest absolute Gasteiger partial charge is 0.402 e. The number of hydrogen-bond donors (Lipinski definition) is 3. The van der Waals surface area contributed by atoms with Gasteiger partial charge in [-0.1, -0.05) is 6.07 Å². The lowest BCUT2D eigenvalue weighted by atomic mass is 10.1. The van der Waals surface area contributed by atoms with Gasteiger partial charge in [-0.25, -0.2) is 18.7 Å². The number of alkyl halides is 3. The number of halogens is 5. The second-order valence-corrected chi connectivity index (χ2v) is 9.97. The molecule has 0 radical (unpaired) electrons. The Kier molecular flexibility index (Phi) is 8.74. The van der Waals surface area contributed by atoms with Crippen molar-refractivity contribution in [1.29, 1.82) is 0 Å². The number of aryl methyl sites for hydroxylation is 1. The minimum absolute atomic E-state index is 0.0203. The van der Waals surface area contributed by atoms with Crippen LogP contribution in [-0.2, 0) is 0 Å². The monoisotopic (exact) mass is 564 g/mol. The first-order valence-electron chi connectivity index (χ1n) is 13.0. The number of rotatable bonds is 8. The van der Waals surface area contributed by atoms with Gasteiger partial charge in [0.15, 0.2) is 11.6 Å². The number of anilines is 1. The number of pyridine rings is 1. The molecular weight excluding hydrogens is 531 g/mol. The standard InChI is InChI=1S/C27H33F5N8/c1-15(2)40-17(4)38-25-20(28)11-19(12-22(25)40)24(21(29)13-33)37-16(3)36-23-6-5-18(14-35-23)26(27(30,31)32)39-9-7-34-8-10-39/h5-6,11-16,26,34H,7-10,33H2,1-4H3,(H,35,36)/b21-13+,37-24?. The molecule has 13 heteroatoms. The number of piperazine rings is 1. The Balaban J connectivity index is 1.61. The summed E-state index contributed by atoms with van der Waals surface area (Å²) in [6, 6.07) is 3.75. The van der Waals surface area contributed by atoms with Crippen LogP contribution in [-0.4, -0.2) is 63.7 Å². The molecule has 0 aliphatic carbocycles. The molecule has 1 saturated heterocycles. The number of hydrogen-bond acceptors (Lipinski definition) is 7. The number of nitrogens with one attached hydrogen (secondary N) is 2. The van der Waals surface area contributed by atoms with E-state index >= 15 is 4.39 Å². The summed E-state index contributed by atoms with van der Waals surface area (Å²) in [5.74, 6) is -0.641. The molecule has 4 N–H and O–H groups in total. The quantitative estimate of drug-likeness (QED) is 0.264. The molecule has 4 rings (SSSR count). The van der Waals surface area contributed by atoms with Crippen LogP contribution in [0.2, 0.25) is 0 Å². The lowest BCUT2D eigenvalue weighted by Crippen LogP contribution is -2.49. The van der Waals surface area contributed by atoms with Crippen LogP contribution in [0.3, 0.4) is 0 Å². The molecule has 216 valence electrons. The van der Waals surface area contributed by atoms with Crippen LogP contribution < -0.4 is 16.4 Å². The molecule has 40 heavy (non-hydrogen) atoms. The van der Waals surface area contributed by atoms with Crippen molar-refractivity contribution in [3.63, 3.8) is 0 Å². The fourth-order valence-corrected chi connectivity index (χ4v) is 5.05. The Morgan fingerprint density at radius 1 is 1.18 bits per heavy atom. The van der Waals surface area contributed by atoms with E-state index in [1.165, 1.54) is 23.2 Å². The van der Waals surface area contributed by atoms with Gasteiger partial charge in [-0.05, 0) is 51.5 Å². The third-order valence-electron chi connectivity index (χ3n) is 6.70. The number of benzene rings is 1. The second-order valence-electron chi connectivity index (χ2n) is 9.97. The largest absolute Gasteiger partial charge is 0.408 e. The van der Waals surface area contributed by atoms with Crippen LogP contribution in [0.25, 0.3) is 11.0 Å². The lowest BCUT2D eigenvalue weighted by Gasteiger charge is -2.36. The Hall–Kier alpha value is -3.58. The van der Waals surface area contributed by atoms with Gasteiger partial charge < -0.3 is 20.9 Å². The predicted octanol–water partition coefficient (Wildman–Crippen LogP) is 4.99. The van der Waals surface area contributed by atoms with Gasteiger partial charge in [0, 0.05) is 50.2 Å². The van der Waals surface area contributed by atoms with Gasteiger partial charge in [0.2, 0.25) is 0 Å². The maximum atomic E-state index is 15.0. The fourth-order valence-electron chi connectivity index (χ4n) is 5.05. The van der Waals surface area contributed by atoms with Gasteiger partial charge in [-0.3, -0.25) is 9.89 Å². The van der Waals surface area contributed by atoms with Gasteiger partial charge in [0.1, 0.15) is 35.1 Å². The third kappa shape index (κ3) is 6.25. The first kappa shape index (κ1) is 29.4. The lowest BCUT2D eigenvalue weighted by molar-refractivity contribution is -0.188. The van der Waals surface area contributed by atoms with Crippen molar-refractivity contribution in [1.82, 2.24) is 24.8 Å². The van der Waals surface area contributed by atoms with Crippen LogP contribution in [0.1, 0.15) is 49.8 Å². The Labute approximate surface area is 229 Å². The van der Waals surface area contributed by atoms with Gasteiger partial charge in [0.25, 0.3) is 0 Å². The van der Waals surface area contributed by atoms with Crippen molar-refractivity contribution >= 4 is 22.6 Å². The van der Waals surface area contributed by atoms with Crippen molar-refractivity contribution in [3.05, 3.63) is 65.3 Å². The average Bonchev–Trinajstić information content (AvgIpc) is 3.24. The van der Waals surface area contributed by atoms with Gasteiger partial charge in [-0.15, -0.1) is 0 Å². The molecule has 1 aromatic carbocycles. The highest BCUT2D eigenvalue weighted by Gasteiger charge is 2.45. The Morgan fingerprint density at radius 3 is 2.45 bits per heavy atom. The highest BCUT2D eigenvalue weighted by Crippen LogP contribution is 2.37. The van der Waals surface area contributed by atoms with Crippen LogP contribution in [0.5, 0.6) is 0 Å². The van der Waals surface area contributed by atoms with Gasteiger partial charge >= 0.3 is 6.18 Å². The molecule has 0 spiro atoms. The maximum Gasteiger partial charge on any atom is 0.408 e. The summed E-state index contributed by atoms with van der Waals surface area (Å²) in [5, 5.41) is 5.99. The normalized spacial score (nSPS) is 17.4. The summed E-state index contributed by atoms with van der Waals surface area (Å²) >= 11 is 0. The molecule has 2 unspecified atom stereocenters. The second kappa shape index (κ2) is 11.9. The van der Waals surface area contributed by atoms with Crippen LogP contribution in [0, 0.1) is 12.7 Å². The van der Waals surface area contributed by atoms with E-state index in [4.69, 9.17) is 5.73 Å². The number of imidazole rings is 1. The molecule has 2 atom stereocenters. The van der Waals surface area contributed by atoms with Crippen LogP contribution >= 0.6 is 0 Å². The molecule has 2 aromatic heterocycles. The zero-order valence-corrected chi connectivity index (χ0v) is 22.7. The third-order valence-corrected chi connectivity index (χ3v) is 6.70. The molecule has 1 fully saturated rings. The molecule has 8 nitrogen and oxygen atoms in total. The predicted molar refractivity (Wildman–Crippen MR) is 145 cm³/mol. The van der Waals surface area contributed by atoms with E-state index in [1.807, 2.05) is 18.4 Å². The first-order chi connectivity index (χ1) is 18.9. The number of fused-ring (bicyclic) bond motifs is 1. The van der Waals surface area contributed by atoms with Crippen LogP contribution in [0.15, 0.2) is 47.5 Å². The number of allylic oxidation sites excluding steroid dienone is 1. The minimum atomic E-state index is -4.47. The maximum absolute atomic E-state index is 15.0. The van der Waals surface area contributed by atoms with Crippen molar-refractivity contribution in [2.75, 3.05) is 31.5 Å². The van der Waals surface area contributed by atoms with Gasteiger partial charge in [0.05, 0.1) is 5.52 Å². The minimum Gasteiger partial charge on any atom is -0.402 e.